The Bertz CT molecular complexity index is 1530. The number of nitrogens with zero attached hydrogens (tertiary/aromatic N) is 1. The van der Waals surface area contributed by atoms with Crippen molar-refractivity contribution in [2.75, 3.05) is 6.61 Å². The molecule has 1 fully saturated rings. The summed E-state index contributed by atoms with van der Waals surface area (Å²) in [6.45, 7) is 2.50. The van der Waals surface area contributed by atoms with Crippen molar-refractivity contribution in [3.8, 4) is 11.5 Å². The molecule has 2 heterocycles. The third-order valence-electron chi connectivity index (χ3n) is 6.24. The molecule has 0 radical (unpaired) electrons. The fourth-order valence-corrected chi connectivity index (χ4v) is 5.10. The lowest BCUT2D eigenvalue weighted by Crippen LogP contribution is -2.24. The Morgan fingerprint density at radius 1 is 0.825 bits per heavy atom. The molecule has 0 aliphatic carbocycles. The maximum Gasteiger partial charge on any atom is 0.454 e. The van der Waals surface area contributed by atoms with Gasteiger partial charge in [0, 0.05) is 18.7 Å². The number of aromatic nitrogens is 1. The molecular weight excluding hydrogens is 570 g/mol. The second kappa shape index (κ2) is 10.5. The van der Waals surface area contributed by atoms with Gasteiger partial charge in [-0.05, 0) is 54.7 Å². The van der Waals surface area contributed by atoms with Crippen molar-refractivity contribution in [3.63, 3.8) is 0 Å². The summed E-state index contributed by atoms with van der Waals surface area (Å²) in [5, 5.41) is -0.975. The van der Waals surface area contributed by atoms with E-state index in [1.54, 1.807) is 0 Å². The van der Waals surface area contributed by atoms with Gasteiger partial charge < -0.3 is 14.2 Å². The standard InChI is InChI=1S/C27H19F8NO3S/c1-13-2-7-22(37-12-13)14-3-5-17(18(28)8-14)26(32,33)38-15-4-6-21-23(11-15)40-25(36-21)27(34,35)39-16-9-19(29)24(31)20(30)10-16/h3-6,8-11,13,22H,2,7,12H2,1H3. The maximum atomic E-state index is 14.9. The zero-order valence-electron chi connectivity index (χ0n) is 20.5. The summed E-state index contributed by atoms with van der Waals surface area (Å²) < 4.78 is 128. The Morgan fingerprint density at radius 2 is 1.52 bits per heavy atom. The van der Waals surface area contributed by atoms with Crippen LogP contribution in [0.25, 0.3) is 10.2 Å². The smallest absolute Gasteiger partial charge is 0.429 e. The predicted octanol–water partition coefficient (Wildman–Crippen LogP) is 8.60. The summed E-state index contributed by atoms with van der Waals surface area (Å²) in [6, 6.07) is 6.86. The third-order valence-corrected chi connectivity index (χ3v) is 7.31. The summed E-state index contributed by atoms with van der Waals surface area (Å²) in [5.41, 5.74) is -0.645. The molecular formula is C27H19F8NO3S. The number of rotatable bonds is 7. The first-order valence-corrected chi connectivity index (χ1v) is 12.7. The highest BCUT2D eigenvalue weighted by molar-refractivity contribution is 7.18. The first-order chi connectivity index (χ1) is 18.8. The van der Waals surface area contributed by atoms with E-state index in [0.29, 0.717) is 35.8 Å². The van der Waals surface area contributed by atoms with Crippen molar-refractivity contribution in [1.82, 2.24) is 4.98 Å². The Labute approximate surface area is 226 Å². The molecule has 1 aliphatic heterocycles. The van der Waals surface area contributed by atoms with Gasteiger partial charge in [0.1, 0.15) is 17.3 Å². The Balaban J connectivity index is 1.34. The van der Waals surface area contributed by atoms with Crippen LogP contribution in [0, 0.1) is 29.2 Å². The van der Waals surface area contributed by atoms with Gasteiger partial charge in [-0.25, -0.2) is 22.5 Å². The highest BCUT2D eigenvalue weighted by atomic mass is 32.1. The van der Waals surface area contributed by atoms with Crippen LogP contribution in [0.4, 0.5) is 35.1 Å². The van der Waals surface area contributed by atoms with Crippen LogP contribution in [0.15, 0.2) is 48.5 Å². The number of benzene rings is 3. The average Bonchev–Trinajstić information content (AvgIpc) is 3.31. The van der Waals surface area contributed by atoms with Gasteiger partial charge in [0.15, 0.2) is 17.5 Å². The van der Waals surface area contributed by atoms with Crippen LogP contribution in [-0.4, -0.2) is 11.6 Å². The predicted molar refractivity (Wildman–Crippen MR) is 128 cm³/mol. The molecule has 13 heteroatoms. The molecule has 1 aromatic heterocycles. The zero-order chi connectivity index (χ0) is 28.8. The Kier molecular flexibility index (Phi) is 7.38. The van der Waals surface area contributed by atoms with Crippen LogP contribution in [0.5, 0.6) is 11.5 Å². The molecule has 0 amide bonds. The molecule has 4 aromatic rings. The van der Waals surface area contributed by atoms with E-state index in [1.165, 1.54) is 6.07 Å². The lowest BCUT2D eigenvalue weighted by Gasteiger charge is -2.27. The molecule has 0 spiro atoms. The van der Waals surface area contributed by atoms with E-state index in [4.69, 9.17) is 9.47 Å². The van der Waals surface area contributed by atoms with Gasteiger partial charge in [0.05, 0.1) is 21.9 Å². The zero-order valence-corrected chi connectivity index (χ0v) is 21.3. The monoisotopic (exact) mass is 589 g/mol. The van der Waals surface area contributed by atoms with E-state index in [1.807, 2.05) is 6.92 Å². The maximum absolute atomic E-state index is 14.9. The molecule has 0 saturated carbocycles. The van der Waals surface area contributed by atoms with Gasteiger partial charge in [0.2, 0.25) is 5.01 Å². The van der Waals surface area contributed by atoms with Crippen molar-refractivity contribution in [3.05, 3.63) is 87.9 Å². The number of thiazole rings is 1. The quantitative estimate of drug-likeness (QED) is 0.160. The van der Waals surface area contributed by atoms with Crippen molar-refractivity contribution < 1.29 is 49.3 Å². The minimum absolute atomic E-state index is 0.0254. The molecule has 2 atom stereocenters. The molecule has 5 rings (SSSR count). The lowest BCUT2D eigenvalue weighted by molar-refractivity contribution is -0.187. The van der Waals surface area contributed by atoms with Crippen LogP contribution >= 0.6 is 11.3 Å². The van der Waals surface area contributed by atoms with E-state index in [-0.39, 0.29) is 22.3 Å². The van der Waals surface area contributed by atoms with E-state index < -0.39 is 63.7 Å². The summed E-state index contributed by atoms with van der Waals surface area (Å²) in [5.74, 6) is -7.64. The number of alkyl halides is 4. The number of hydrogen-bond donors (Lipinski definition) is 0. The number of halogens is 8. The van der Waals surface area contributed by atoms with Crippen molar-refractivity contribution in [1.29, 1.82) is 0 Å². The lowest BCUT2D eigenvalue weighted by atomic mass is 9.95. The van der Waals surface area contributed by atoms with Crippen LogP contribution in [-0.2, 0) is 17.0 Å². The molecule has 4 nitrogen and oxygen atoms in total. The second-order valence-corrected chi connectivity index (χ2v) is 10.4. The van der Waals surface area contributed by atoms with Gasteiger partial charge in [-0.3, -0.25) is 0 Å². The Morgan fingerprint density at radius 3 is 2.17 bits per heavy atom. The highest BCUT2D eigenvalue weighted by Crippen LogP contribution is 2.40. The average molecular weight is 590 g/mol. The number of fused-ring (bicyclic) bond motifs is 1. The third kappa shape index (κ3) is 5.71. The van der Waals surface area contributed by atoms with Gasteiger partial charge in [-0.1, -0.05) is 13.0 Å². The fraction of sp³-hybridized carbons (Fsp3) is 0.296. The van der Waals surface area contributed by atoms with Crippen molar-refractivity contribution >= 4 is 21.6 Å². The van der Waals surface area contributed by atoms with E-state index >= 15 is 0 Å². The molecule has 3 aromatic carbocycles. The molecule has 0 bridgehead atoms. The first-order valence-electron chi connectivity index (χ1n) is 11.9. The molecule has 1 aliphatic rings. The highest BCUT2D eigenvalue weighted by Gasteiger charge is 2.40. The van der Waals surface area contributed by atoms with Crippen molar-refractivity contribution in [2.45, 2.75) is 38.1 Å². The summed E-state index contributed by atoms with van der Waals surface area (Å²) >= 11 is 0.331. The normalized spacial score (nSPS) is 18.2. The second-order valence-electron chi connectivity index (χ2n) is 9.33. The number of ether oxygens (including phenoxy) is 3. The van der Waals surface area contributed by atoms with Crippen LogP contribution < -0.4 is 9.47 Å². The summed E-state index contributed by atoms with van der Waals surface area (Å²) in [7, 11) is 0. The van der Waals surface area contributed by atoms with Crippen LogP contribution in [0.3, 0.4) is 0 Å². The topological polar surface area (TPSA) is 40.6 Å². The van der Waals surface area contributed by atoms with Gasteiger partial charge in [-0.15, -0.1) is 11.3 Å². The molecule has 0 N–H and O–H groups in total. The minimum Gasteiger partial charge on any atom is -0.429 e. The largest absolute Gasteiger partial charge is 0.454 e. The van der Waals surface area contributed by atoms with E-state index in [9.17, 15) is 35.1 Å². The van der Waals surface area contributed by atoms with Gasteiger partial charge in [-0.2, -0.15) is 17.6 Å². The molecule has 2 unspecified atom stereocenters. The van der Waals surface area contributed by atoms with Gasteiger partial charge in [0.25, 0.3) is 0 Å². The first kappa shape index (κ1) is 28.1. The van der Waals surface area contributed by atoms with Crippen LogP contribution in [0.1, 0.15) is 42.0 Å². The summed E-state index contributed by atoms with van der Waals surface area (Å²) in [4.78, 5) is 3.68. The van der Waals surface area contributed by atoms with Crippen molar-refractivity contribution in [2.24, 2.45) is 5.92 Å². The molecule has 212 valence electrons. The Hall–Kier alpha value is -3.45. The van der Waals surface area contributed by atoms with Crippen LogP contribution in [0.2, 0.25) is 0 Å². The molecule has 1 saturated heterocycles. The summed E-state index contributed by atoms with van der Waals surface area (Å²) in [6.07, 6.45) is -7.24. The SMILES string of the molecule is CC1CCC(c2ccc(C(F)(F)Oc3ccc4nc(C(F)(F)Oc5cc(F)c(F)c(F)c5)sc4c3)c(F)c2)OC1. The van der Waals surface area contributed by atoms with E-state index in [2.05, 4.69) is 9.72 Å². The minimum atomic E-state index is -4.21. The number of hydrogen-bond acceptors (Lipinski definition) is 5. The van der Waals surface area contributed by atoms with Gasteiger partial charge >= 0.3 is 12.2 Å². The van der Waals surface area contributed by atoms with E-state index in [0.717, 1.165) is 36.8 Å². The fourth-order valence-electron chi connectivity index (χ4n) is 4.19. The molecule has 40 heavy (non-hydrogen) atoms.